The van der Waals surface area contributed by atoms with Crippen LogP contribution in [0.25, 0.3) is 0 Å². The lowest BCUT2D eigenvalue weighted by Gasteiger charge is -2.22. The Kier molecular flexibility index (Phi) is 17.2. The lowest BCUT2D eigenvalue weighted by Crippen LogP contribution is -2.25. The molecule has 0 atom stereocenters. The molecule has 0 aromatic rings. The van der Waals surface area contributed by atoms with Gasteiger partial charge < -0.3 is 4.90 Å². The Bertz CT molecular complexity index is 69.7. The first-order chi connectivity index (χ1) is 5.83. The summed E-state index contributed by atoms with van der Waals surface area (Å²) < 4.78 is 0. The van der Waals surface area contributed by atoms with Gasteiger partial charge in [0.25, 0.3) is 0 Å². The summed E-state index contributed by atoms with van der Waals surface area (Å²) in [6, 6.07) is 0. The Hall–Kier alpha value is -0.0400. The fourth-order valence-corrected chi connectivity index (χ4v) is 0.949. The first kappa shape index (κ1) is 18.7. The fourth-order valence-electron chi connectivity index (χ4n) is 0.949. The Morgan fingerprint density at radius 3 is 1.15 bits per heavy atom. The molecule has 0 aliphatic heterocycles. The number of hydrogen-bond donors (Lipinski definition) is 0. The van der Waals surface area contributed by atoms with Crippen molar-refractivity contribution in [3.63, 3.8) is 0 Å². The molecule has 0 saturated carbocycles. The molecule has 84 valence electrons. The molecule has 0 aliphatic carbocycles. The van der Waals surface area contributed by atoms with E-state index in [4.69, 9.17) is 0 Å². The van der Waals surface area contributed by atoms with Crippen LogP contribution in [0.4, 0.5) is 0 Å². The maximum absolute atomic E-state index is 2.24. The lowest BCUT2D eigenvalue weighted by atomic mass is 9.97. The van der Waals surface area contributed by atoms with E-state index in [0.29, 0.717) is 5.41 Å². The van der Waals surface area contributed by atoms with Crippen molar-refractivity contribution in [1.29, 1.82) is 0 Å². The maximum Gasteiger partial charge on any atom is 0.00239 e. The summed E-state index contributed by atoms with van der Waals surface area (Å²) in [6.45, 7) is 16.1. The highest BCUT2D eigenvalue weighted by atomic mass is 15.1. The molecule has 1 nitrogen and oxygen atoms in total. The summed E-state index contributed by atoms with van der Waals surface area (Å²) in [5.74, 6) is 0. The Morgan fingerprint density at radius 1 is 0.923 bits per heavy atom. The van der Waals surface area contributed by atoms with Crippen LogP contribution >= 0.6 is 0 Å². The average molecular weight is 189 g/mol. The highest BCUT2D eigenvalue weighted by Crippen LogP contribution is 2.12. The Morgan fingerprint density at radius 2 is 1.15 bits per heavy atom. The zero-order chi connectivity index (χ0) is 11.5. The first-order valence-electron chi connectivity index (χ1n) is 5.48. The van der Waals surface area contributed by atoms with Crippen molar-refractivity contribution in [3.05, 3.63) is 0 Å². The zero-order valence-corrected chi connectivity index (χ0v) is 11.4. The van der Waals surface area contributed by atoms with Crippen LogP contribution in [0.5, 0.6) is 0 Å². The minimum atomic E-state index is 0.448. The van der Waals surface area contributed by atoms with E-state index in [-0.39, 0.29) is 0 Å². The van der Waals surface area contributed by atoms with Gasteiger partial charge in [-0.15, -0.1) is 0 Å². The van der Waals surface area contributed by atoms with Crippen LogP contribution < -0.4 is 0 Å². The summed E-state index contributed by atoms with van der Waals surface area (Å²) in [6.07, 6.45) is 1.25. The summed E-state index contributed by atoms with van der Waals surface area (Å²) >= 11 is 0. The SMILES string of the molecule is CC.CCC.CN(C)CC(C)(C)C. The van der Waals surface area contributed by atoms with E-state index < -0.39 is 0 Å². The third-order valence-corrected chi connectivity index (χ3v) is 0.791. The molecule has 0 rings (SSSR count). The molecule has 0 aromatic heterocycles. The number of hydrogen-bond acceptors (Lipinski definition) is 1. The molecule has 0 aliphatic rings. The van der Waals surface area contributed by atoms with Crippen molar-refractivity contribution < 1.29 is 0 Å². The van der Waals surface area contributed by atoms with E-state index in [0.717, 1.165) is 6.54 Å². The van der Waals surface area contributed by atoms with Crippen LogP contribution in [0, 0.1) is 5.41 Å². The molecule has 0 bridgehead atoms. The minimum absolute atomic E-state index is 0.448. The molecule has 0 amide bonds. The molecule has 0 heterocycles. The van der Waals surface area contributed by atoms with E-state index >= 15 is 0 Å². The molecule has 1 heteroatoms. The normalized spacial score (nSPS) is 9.69. The van der Waals surface area contributed by atoms with Gasteiger partial charge in [-0.2, -0.15) is 0 Å². The predicted octanol–water partition coefficient (Wildman–Crippen LogP) is 4.04. The smallest absolute Gasteiger partial charge is 0.00239 e. The van der Waals surface area contributed by atoms with Crippen molar-refractivity contribution in [2.24, 2.45) is 5.41 Å². The van der Waals surface area contributed by atoms with Gasteiger partial charge in [-0.05, 0) is 19.5 Å². The van der Waals surface area contributed by atoms with Crippen molar-refractivity contribution in [2.45, 2.75) is 54.9 Å². The molecule has 13 heavy (non-hydrogen) atoms. The monoisotopic (exact) mass is 189 g/mol. The predicted molar refractivity (Wildman–Crippen MR) is 65.3 cm³/mol. The van der Waals surface area contributed by atoms with Crippen LogP contribution in [0.15, 0.2) is 0 Å². The largest absolute Gasteiger partial charge is 0.309 e. The third kappa shape index (κ3) is 48.2. The number of rotatable bonds is 1. The van der Waals surface area contributed by atoms with Gasteiger partial charge in [0, 0.05) is 6.54 Å². The number of nitrogens with zero attached hydrogens (tertiary/aromatic N) is 1. The third-order valence-electron chi connectivity index (χ3n) is 0.791. The quantitative estimate of drug-likeness (QED) is 0.602. The second-order valence-electron chi connectivity index (χ2n) is 4.51. The van der Waals surface area contributed by atoms with Crippen LogP contribution in [0.2, 0.25) is 0 Å². The van der Waals surface area contributed by atoms with Gasteiger partial charge in [0.05, 0.1) is 0 Å². The molecule has 0 aromatic carbocycles. The standard InChI is InChI=1S/C7H17N.C3H8.C2H6/c1-7(2,3)6-8(4)5;1-3-2;1-2/h6H2,1-5H3;3H2,1-2H3;1-2H3. The highest BCUT2D eigenvalue weighted by molar-refractivity contribution is 4.63. The van der Waals surface area contributed by atoms with Gasteiger partial charge >= 0.3 is 0 Å². The van der Waals surface area contributed by atoms with Crippen molar-refractivity contribution in [3.8, 4) is 0 Å². The molecule has 0 spiro atoms. The van der Waals surface area contributed by atoms with Crippen molar-refractivity contribution in [2.75, 3.05) is 20.6 Å². The van der Waals surface area contributed by atoms with Crippen LogP contribution in [0.3, 0.4) is 0 Å². The van der Waals surface area contributed by atoms with Gasteiger partial charge in [0.2, 0.25) is 0 Å². The molecular weight excluding hydrogens is 158 g/mol. The summed E-state index contributed by atoms with van der Waals surface area (Å²) in [5, 5.41) is 0. The van der Waals surface area contributed by atoms with Gasteiger partial charge in [-0.1, -0.05) is 54.9 Å². The summed E-state index contributed by atoms with van der Waals surface area (Å²) in [5.41, 5.74) is 0.448. The van der Waals surface area contributed by atoms with E-state index in [2.05, 4.69) is 53.6 Å². The van der Waals surface area contributed by atoms with Crippen molar-refractivity contribution >= 4 is 0 Å². The van der Waals surface area contributed by atoms with E-state index in [9.17, 15) is 0 Å². The van der Waals surface area contributed by atoms with Crippen LogP contribution in [-0.2, 0) is 0 Å². The molecule has 0 fully saturated rings. The second-order valence-corrected chi connectivity index (χ2v) is 4.51. The summed E-state index contributed by atoms with van der Waals surface area (Å²) in [7, 11) is 4.20. The molecule has 0 saturated heterocycles. The van der Waals surface area contributed by atoms with E-state index in [1.54, 1.807) is 0 Å². The van der Waals surface area contributed by atoms with Gasteiger partial charge in [-0.25, -0.2) is 0 Å². The maximum atomic E-state index is 2.24. The Labute approximate surface area is 86.5 Å². The van der Waals surface area contributed by atoms with Crippen molar-refractivity contribution in [1.82, 2.24) is 4.90 Å². The van der Waals surface area contributed by atoms with E-state index in [1.807, 2.05) is 13.8 Å². The fraction of sp³-hybridized carbons (Fsp3) is 1.00. The summed E-state index contributed by atoms with van der Waals surface area (Å²) in [4.78, 5) is 2.21. The molecule has 0 unspecified atom stereocenters. The topological polar surface area (TPSA) is 3.24 Å². The molecule has 0 radical (unpaired) electrons. The highest BCUT2D eigenvalue weighted by Gasteiger charge is 2.09. The molecular formula is C12H31N. The van der Waals surface area contributed by atoms with E-state index in [1.165, 1.54) is 6.42 Å². The molecule has 0 N–H and O–H groups in total. The zero-order valence-electron chi connectivity index (χ0n) is 11.4. The van der Waals surface area contributed by atoms with Crippen LogP contribution in [0.1, 0.15) is 54.9 Å². The minimum Gasteiger partial charge on any atom is -0.309 e. The van der Waals surface area contributed by atoms with Gasteiger partial charge in [0.1, 0.15) is 0 Å². The Balaban J connectivity index is -0.000000169. The van der Waals surface area contributed by atoms with Crippen LogP contribution in [-0.4, -0.2) is 25.5 Å². The van der Waals surface area contributed by atoms with Gasteiger partial charge in [0.15, 0.2) is 0 Å². The average Bonchev–Trinajstić information content (AvgIpc) is 1.87. The first-order valence-corrected chi connectivity index (χ1v) is 5.48. The lowest BCUT2D eigenvalue weighted by molar-refractivity contribution is 0.263. The van der Waals surface area contributed by atoms with Gasteiger partial charge in [-0.3, -0.25) is 0 Å². The second kappa shape index (κ2) is 12.0.